The number of esters is 1. The van der Waals surface area contributed by atoms with Crippen molar-refractivity contribution in [2.75, 3.05) is 11.9 Å². The Morgan fingerprint density at radius 2 is 2.16 bits per heavy atom. The van der Waals surface area contributed by atoms with Gasteiger partial charge in [0.1, 0.15) is 0 Å². The molecule has 25 heavy (non-hydrogen) atoms. The Bertz CT molecular complexity index is 839. The highest BCUT2D eigenvalue weighted by atomic mass is 32.1. The van der Waals surface area contributed by atoms with Gasteiger partial charge in [-0.05, 0) is 42.1 Å². The molecule has 1 aromatic carbocycles. The summed E-state index contributed by atoms with van der Waals surface area (Å²) < 4.78 is 10.1. The van der Waals surface area contributed by atoms with Gasteiger partial charge in [0.25, 0.3) is 0 Å². The fraction of sp³-hybridized carbons (Fsp3) is 0.167. The van der Waals surface area contributed by atoms with E-state index >= 15 is 0 Å². The Kier molecular flexibility index (Phi) is 5.58. The Morgan fingerprint density at radius 1 is 1.32 bits per heavy atom. The Hall–Kier alpha value is -2.93. The van der Waals surface area contributed by atoms with E-state index in [9.17, 15) is 4.79 Å². The van der Waals surface area contributed by atoms with Crippen molar-refractivity contribution in [2.45, 2.75) is 13.5 Å². The molecule has 0 aliphatic rings. The van der Waals surface area contributed by atoms with E-state index in [-0.39, 0.29) is 5.97 Å². The molecule has 0 saturated heterocycles. The summed E-state index contributed by atoms with van der Waals surface area (Å²) in [5.41, 5.74) is 2.79. The summed E-state index contributed by atoms with van der Waals surface area (Å²) in [5.74, 6) is 0.771. The van der Waals surface area contributed by atoms with Gasteiger partial charge in [-0.1, -0.05) is 17.3 Å². The number of nitrogens with one attached hydrogen (secondary N) is 1. The lowest BCUT2D eigenvalue weighted by molar-refractivity contribution is -0.137. The Labute approximate surface area is 149 Å². The number of hydrogen-bond donors (Lipinski definition) is 1. The summed E-state index contributed by atoms with van der Waals surface area (Å²) in [6.07, 6.45) is 3.13. The maximum atomic E-state index is 11.3. The standard InChI is InChI=1S/C18H17N3O3S/c1-2-23-17(22)8-5-13-3-6-15(7-4-13)19-11-16-20-18(21-24-16)14-9-10-25-12-14/h3-10,12,19H,2,11H2,1H3/b8-5+. The van der Waals surface area contributed by atoms with E-state index in [0.717, 1.165) is 16.8 Å². The van der Waals surface area contributed by atoms with Crippen molar-refractivity contribution in [2.24, 2.45) is 0 Å². The zero-order chi connectivity index (χ0) is 17.5. The maximum absolute atomic E-state index is 11.3. The van der Waals surface area contributed by atoms with Crippen LogP contribution >= 0.6 is 11.3 Å². The van der Waals surface area contributed by atoms with Crippen molar-refractivity contribution in [3.8, 4) is 11.4 Å². The van der Waals surface area contributed by atoms with Crippen LogP contribution in [0.5, 0.6) is 0 Å². The van der Waals surface area contributed by atoms with E-state index in [1.807, 2.05) is 41.1 Å². The largest absolute Gasteiger partial charge is 0.463 e. The molecule has 0 aliphatic heterocycles. The van der Waals surface area contributed by atoms with Gasteiger partial charge in [-0.15, -0.1) is 0 Å². The third-order valence-electron chi connectivity index (χ3n) is 3.30. The number of carbonyl (C=O) groups is 1. The molecular weight excluding hydrogens is 338 g/mol. The van der Waals surface area contributed by atoms with Crippen molar-refractivity contribution in [3.63, 3.8) is 0 Å². The predicted molar refractivity (Wildman–Crippen MR) is 97.0 cm³/mol. The molecule has 128 valence electrons. The molecule has 0 fully saturated rings. The molecule has 1 N–H and O–H groups in total. The van der Waals surface area contributed by atoms with Gasteiger partial charge >= 0.3 is 5.97 Å². The third kappa shape index (κ3) is 4.77. The lowest BCUT2D eigenvalue weighted by Crippen LogP contribution is -2.00. The average Bonchev–Trinajstić information content (AvgIpc) is 3.30. The molecule has 3 aromatic rings. The maximum Gasteiger partial charge on any atom is 0.330 e. The first-order chi connectivity index (χ1) is 12.2. The minimum atomic E-state index is -0.345. The first-order valence-corrected chi connectivity index (χ1v) is 8.73. The van der Waals surface area contributed by atoms with Crippen molar-refractivity contribution in [3.05, 3.63) is 58.6 Å². The molecule has 0 saturated carbocycles. The van der Waals surface area contributed by atoms with Crippen LogP contribution in [0.2, 0.25) is 0 Å². The second-order valence-corrected chi connectivity index (χ2v) is 5.86. The summed E-state index contributed by atoms with van der Waals surface area (Å²) in [6.45, 7) is 2.59. The number of aromatic nitrogens is 2. The summed E-state index contributed by atoms with van der Waals surface area (Å²) in [7, 11) is 0. The van der Waals surface area contributed by atoms with Gasteiger partial charge in [0, 0.05) is 22.7 Å². The quantitative estimate of drug-likeness (QED) is 0.510. The average molecular weight is 355 g/mol. The van der Waals surface area contributed by atoms with Crippen molar-refractivity contribution in [1.82, 2.24) is 10.1 Å². The summed E-state index contributed by atoms with van der Waals surface area (Å²) in [4.78, 5) is 15.6. The van der Waals surface area contributed by atoms with E-state index in [1.165, 1.54) is 6.08 Å². The summed E-state index contributed by atoms with van der Waals surface area (Å²) in [5, 5.41) is 11.1. The molecule has 2 aromatic heterocycles. The van der Waals surface area contributed by atoms with Crippen LogP contribution < -0.4 is 5.32 Å². The van der Waals surface area contributed by atoms with Crippen LogP contribution in [0.4, 0.5) is 5.69 Å². The van der Waals surface area contributed by atoms with E-state index in [4.69, 9.17) is 9.26 Å². The predicted octanol–water partition coefficient (Wildman–Crippen LogP) is 3.99. The van der Waals surface area contributed by atoms with Gasteiger partial charge in [-0.25, -0.2) is 4.79 Å². The third-order valence-corrected chi connectivity index (χ3v) is 3.98. The van der Waals surface area contributed by atoms with Gasteiger partial charge in [-0.3, -0.25) is 0 Å². The van der Waals surface area contributed by atoms with Crippen LogP contribution in [0.25, 0.3) is 17.5 Å². The molecule has 0 unspecified atom stereocenters. The van der Waals surface area contributed by atoms with Crippen LogP contribution in [0.1, 0.15) is 18.4 Å². The molecule has 0 bridgehead atoms. The minimum Gasteiger partial charge on any atom is -0.463 e. The number of carbonyl (C=O) groups excluding carboxylic acids is 1. The first-order valence-electron chi connectivity index (χ1n) is 7.78. The van der Waals surface area contributed by atoms with Gasteiger partial charge in [0.15, 0.2) is 0 Å². The number of hydrogen-bond acceptors (Lipinski definition) is 7. The summed E-state index contributed by atoms with van der Waals surface area (Å²) in [6, 6.07) is 9.60. The monoisotopic (exact) mass is 355 g/mol. The van der Waals surface area contributed by atoms with Crippen molar-refractivity contribution >= 4 is 29.1 Å². The van der Waals surface area contributed by atoms with Crippen molar-refractivity contribution < 1.29 is 14.1 Å². The lowest BCUT2D eigenvalue weighted by Gasteiger charge is -2.03. The Balaban J connectivity index is 1.54. The molecule has 6 nitrogen and oxygen atoms in total. The van der Waals surface area contributed by atoms with Crippen LogP contribution in [0.15, 0.2) is 51.7 Å². The smallest absolute Gasteiger partial charge is 0.330 e. The van der Waals surface area contributed by atoms with Crippen LogP contribution in [-0.4, -0.2) is 22.7 Å². The molecule has 0 spiro atoms. The van der Waals surface area contributed by atoms with Gasteiger partial charge in [-0.2, -0.15) is 16.3 Å². The second-order valence-electron chi connectivity index (χ2n) is 5.08. The van der Waals surface area contributed by atoms with E-state index in [1.54, 1.807) is 24.3 Å². The molecule has 0 atom stereocenters. The van der Waals surface area contributed by atoms with Gasteiger partial charge < -0.3 is 14.6 Å². The second kappa shape index (κ2) is 8.25. The Morgan fingerprint density at radius 3 is 2.88 bits per heavy atom. The first kappa shape index (κ1) is 16.9. The number of anilines is 1. The molecule has 7 heteroatoms. The van der Waals surface area contributed by atoms with E-state index in [2.05, 4.69) is 15.5 Å². The number of rotatable bonds is 7. The molecule has 3 rings (SSSR count). The van der Waals surface area contributed by atoms with Crippen LogP contribution in [-0.2, 0) is 16.1 Å². The van der Waals surface area contributed by atoms with E-state index < -0.39 is 0 Å². The molecular formula is C18H17N3O3S. The SMILES string of the molecule is CCOC(=O)/C=C/c1ccc(NCc2nc(-c3ccsc3)no2)cc1. The van der Waals surface area contributed by atoms with Gasteiger partial charge in [0.2, 0.25) is 11.7 Å². The molecule has 0 radical (unpaired) electrons. The van der Waals surface area contributed by atoms with Crippen LogP contribution in [0, 0.1) is 0 Å². The number of thiophene rings is 1. The highest BCUT2D eigenvalue weighted by Gasteiger charge is 2.08. The number of ether oxygens (including phenoxy) is 1. The highest BCUT2D eigenvalue weighted by Crippen LogP contribution is 2.19. The number of benzene rings is 1. The fourth-order valence-corrected chi connectivity index (χ4v) is 2.71. The number of nitrogens with zero attached hydrogens (tertiary/aromatic N) is 2. The van der Waals surface area contributed by atoms with Crippen LogP contribution in [0.3, 0.4) is 0 Å². The molecule has 0 amide bonds. The minimum absolute atomic E-state index is 0.345. The topological polar surface area (TPSA) is 77.2 Å². The molecule has 0 aliphatic carbocycles. The normalized spacial score (nSPS) is 10.9. The fourth-order valence-electron chi connectivity index (χ4n) is 2.08. The summed E-state index contributed by atoms with van der Waals surface area (Å²) >= 11 is 1.59. The zero-order valence-electron chi connectivity index (χ0n) is 13.6. The van der Waals surface area contributed by atoms with Crippen molar-refractivity contribution in [1.29, 1.82) is 0 Å². The highest BCUT2D eigenvalue weighted by molar-refractivity contribution is 7.08. The van der Waals surface area contributed by atoms with E-state index in [0.29, 0.717) is 24.9 Å². The zero-order valence-corrected chi connectivity index (χ0v) is 14.5. The lowest BCUT2D eigenvalue weighted by atomic mass is 10.2. The molecule has 2 heterocycles. The van der Waals surface area contributed by atoms with Gasteiger partial charge in [0.05, 0.1) is 13.2 Å².